The van der Waals surface area contributed by atoms with Crippen molar-refractivity contribution in [1.29, 1.82) is 5.26 Å². The maximum atomic E-state index is 11.8. The fourth-order valence-electron chi connectivity index (χ4n) is 1.92. The molecule has 118 valence electrons. The third kappa shape index (κ3) is 3.94. The lowest BCUT2D eigenvalue weighted by Crippen LogP contribution is -2.13. The molecule has 1 heterocycles. The highest BCUT2D eigenvalue weighted by molar-refractivity contribution is 7.18. The first kappa shape index (κ1) is 15.6. The lowest BCUT2D eigenvalue weighted by molar-refractivity contribution is 0.155. The molecule has 1 aromatic heterocycles. The van der Waals surface area contributed by atoms with Gasteiger partial charge in [0.15, 0.2) is 0 Å². The number of hydrogen-bond donors (Lipinski definition) is 1. The van der Waals surface area contributed by atoms with Crippen LogP contribution in [0.15, 0.2) is 54.6 Å². The Kier molecular flexibility index (Phi) is 4.79. The minimum absolute atomic E-state index is 0.188. The first-order chi connectivity index (χ1) is 11.7. The lowest BCUT2D eigenvalue weighted by Gasteiger charge is -2.04. The molecule has 0 spiro atoms. The first-order valence-corrected chi connectivity index (χ1v) is 7.88. The summed E-state index contributed by atoms with van der Waals surface area (Å²) in [6.45, 7) is 0.188. The van der Waals surface area contributed by atoms with Gasteiger partial charge in [0.25, 0.3) is 0 Å². The van der Waals surface area contributed by atoms with E-state index in [1.165, 1.54) is 11.3 Å². The van der Waals surface area contributed by atoms with Crippen LogP contribution in [0.1, 0.15) is 11.1 Å². The van der Waals surface area contributed by atoms with E-state index < -0.39 is 6.09 Å². The number of hydrogen-bond acceptors (Lipinski definition) is 6. The molecule has 0 saturated carbocycles. The average molecular weight is 336 g/mol. The SMILES string of the molecule is N#Cc1ccc(-c2nnc(NC(=O)OCc3ccccc3)s2)cc1. The fraction of sp³-hybridized carbons (Fsp3) is 0.0588. The molecule has 0 aliphatic rings. The van der Waals surface area contributed by atoms with Gasteiger partial charge < -0.3 is 4.74 Å². The van der Waals surface area contributed by atoms with Crippen molar-refractivity contribution in [3.05, 3.63) is 65.7 Å². The Morgan fingerprint density at radius 3 is 2.58 bits per heavy atom. The lowest BCUT2D eigenvalue weighted by atomic mass is 10.2. The van der Waals surface area contributed by atoms with E-state index in [9.17, 15) is 4.79 Å². The Balaban J connectivity index is 1.59. The number of benzene rings is 2. The van der Waals surface area contributed by atoms with Crippen molar-refractivity contribution >= 4 is 22.6 Å². The summed E-state index contributed by atoms with van der Waals surface area (Å²) in [5.74, 6) is 0. The summed E-state index contributed by atoms with van der Waals surface area (Å²) in [5.41, 5.74) is 2.31. The monoisotopic (exact) mass is 336 g/mol. The van der Waals surface area contributed by atoms with Crippen LogP contribution in [0, 0.1) is 11.3 Å². The molecule has 0 aliphatic heterocycles. The number of amides is 1. The molecule has 2 aromatic carbocycles. The number of nitrogens with zero attached hydrogens (tertiary/aromatic N) is 3. The van der Waals surface area contributed by atoms with E-state index in [0.29, 0.717) is 15.7 Å². The molecule has 0 saturated heterocycles. The first-order valence-electron chi connectivity index (χ1n) is 7.06. The highest BCUT2D eigenvalue weighted by atomic mass is 32.1. The number of nitrogens with one attached hydrogen (secondary N) is 1. The predicted molar refractivity (Wildman–Crippen MR) is 90.3 cm³/mol. The summed E-state index contributed by atoms with van der Waals surface area (Å²) in [5, 5.41) is 20.3. The van der Waals surface area contributed by atoms with Crippen molar-refractivity contribution in [2.24, 2.45) is 0 Å². The van der Waals surface area contributed by atoms with E-state index in [0.717, 1.165) is 11.1 Å². The molecule has 1 amide bonds. The highest BCUT2D eigenvalue weighted by Crippen LogP contribution is 2.26. The molecule has 0 aliphatic carbocycles. The molecule has 0 bridgehead atoms. The zero-order valence-corrected chi connectivity index (χ0v) is 13.3. The second-order valence-corrected chi connectivity index (χ2v) is 5.77. The highest BCUT2D eigenvalue weighted by Gasteiger charge is 2.10. The molecular weight excluding hydrogens is 324 g/mol. The van der Waals surface area contributed by atoms with Crippen LogP contribution < -0.4 is 5.32 Å². The van der Waals surface area contributed by atoms with Crippen molar-refractivity contribution in [3.8, 4) is 16.6 Å². The van der Waals surface area contributed by atoms with E-state index in [2.05, 4.69) is 21.6 Å². The van der Waals surface area contributed by atoms with Gasteiger partial charge in [0.05, 0.1) is 11.6 Å². The standard InChI is InChI=1S/C17H12N4O2S/c18-10-12-6-8-14(9-7-12)15-20-21-16(24-15)19-17(22)23-11-13-4-2-1-3-5-13/h1-9H,11H2,(H,19,21,22). The summed E-state index contributed by atoms with van der Waals surface area (Å²) < 4.78 is 5.13. The maximum absolute atomic E-state index is 11.8. The van der Waals surface area contributed by atoms with Crippen molar-refractivity contribution in [2.75, 3.05) is 5.32 Å². The summed E-state index contributed by atoms with van der Waals surface area (Å²) in [4.78, 5) is 11.8. The van der Waals surface area contributed by atoms with E-state index in [1.807, 2.05) is 30.3 Å². The van der Waals surface area contributed by atoms with Crippen molar-refractivity contribution in [2.45, 2.75) is 6.61 Å². The van der Waals surface area contributed by atoms with E-state index >= 15 is 0 Å². The number of ether oxygens (including phenoxy) is 1. The Morgan fingerprint density at radius 1 is 1.12 bits per heavy atom. The second-order valence-electron chi connectivity index (χ2n) is 4.79. The summed E-state index contributed by atoms with van der Waals surface area (Å²) >= 11 is 1.23. The molecule has 0 unspecified atom stereocenters. The van der Waals surface area contributed by atoms with Gasteiger partial charge in [-0.1, -0.05) is 53.8 Å². The van der Waals surface area contributed by atoms with Crippen molar-refractivity contribution in [3.63, 3.8) is 0 Å². The summed E-state index contributed by atoms with van der Waals surface area (Å²) in [7, 11) is 0. The van der Waals surface area contributed by atoms with Gasteiger partial charge in [-0.05, 0) is 17.7 Å². The summed E-state index contributed by atoms with van der Waals surface area (Å²) in [6, 6.07) is 18.5. The van der Waals surface area contributed by atoms with Gasteiger partial charge in [0.1, 0.15) is 11.6 Å². The Labute approximate surface area is 142 Å². The maximum Gasteiger partial charge on any atom is 0.413 e. The van der Waals surface area contributed by atoms with Crippen LogP contribution in [0.3, 0.4) is 0 Å². The number of nitriles is 1. The molecule has 0 radical (unpaired) electrons. The van der Waals surface area contributed by atoms with Gasteiger partial charge in [-0.15, -0.1) is 10.2 Å². The van der Waals surface area contributed by atoms with Gasteiger partial charge in [-0.2, -0.15) is 5.26 Å². The molecule has 24 heavy (non-hydrogen) atoms. The smallest absolute Gasteiger partial charge is 0.413 e. The summed E-state index contributed by atoms with van der Waals surface area (Å²) in [6.07, 6.45) is -0.582. The van der Waals surface area contributed by atoms with Crippen LogP contribution in [0.25, 0.3) is 10.6 Å². The molecular formula is C17H12N4O2S. The van der Waals surface area contributed by atoms with Crippen molar-refractivity contribution < 1.29 is 9.53 Å². The minimum Gasteiger partial charge on any atom is -0.444 e. The minimum atomic E-state index is -0.582. The van der Waals surface area contributed by atoms with Crippen molar-refractivity contribution in [1.82, 2.24) is 10.2 Å². The Morgan fingerprint density at radius 2 is 1.88 bits per heavy atom. The van der Waals surface area contributed by atoms with E-state index in [-0.39, 0.29) is 6.61 Å². The average Bonchev–Trinajstić information content (AvgIpc) is 3.09. The second kappa shape index (κ2) is 7.35. The van der Waals surface area contributed by atoms with Gasteiger partial charge in [0, 0.05) is 5.56 Å². The third-order valence-electron chi connectivity index (χ3n) is 3.11. The van der Waals surface area contributed by atoms with Crippen LogP contribution in [0.5, 0.6) is 0 Å². The molecule has 7 heteroatoms. The molecule has 0 fully saturated rings. The number of aromatic nitrogens is 2. The fourth-order valence-corrected chi connectivity index (χ4v) is 2.66. The number of anilines is 1. The quantitative estimate of drug-likeness (QED) is 0.782. The zero-order chi connectivity index (χ0) is 16.8. The Hall–Kier alpha value is -3.24. The van der Waals surface area contributed by atoms with Crippen LogP contribution in [0.2, 0.25) is 0 Å². The number of carbonyl (C=O) groups excluding carboxylic acids is 1. The van der Waals surface area contributed by atoms with Gasteiger partial charge in [-0.3, -0.25) is 5.32 Å². The molecule has 0 atom stereocenters. The Bertz CT molecular complexity index is 870. The van der Waals surface area contributed by atoms with Crippen LogP contribution >= 0.6 is 11.3 Å². The van der Waals surface area contributed by atoms with Crippen LogP contribution in [-0.4, -0.2) is 16.3 Å². The van der Waals surface area contributed by atoms with Gasteiger partial charge in [-0.25, -0.2) is 4.79 Å². The number of rotatable bonds is 4. The van der Waals surface area contributed by atoms with Gasteiger partial charge >= 0.3 is 6.09 Å². The molecule has 6 nitrogen and oxygen atoms in total. The predicted octanol–water partition coefficient (Wildman–Crippen LogP) is 3.83. The molecule has 3 aromatic rings. The third-order valence-corrected chi connectivity index (χ3v) is 4.00. The topological polar surface area (TPSA) is 87.9 Å². The number of carbonyl (C=O) groups is 1. The van der Waals surface area contributed by atoms with E-state index in [4.69, 9.17) is 10.00 Å². The molecule has 3 rings (SSSR count). The van der Waals surface area contributed by atoms with Crippen LogP contribution in [-0.2, 0) is 11.3 Å². The normalized spacial score (nSPS) is 9.96. The van der Waals surface area contributed by atoms with Gasteiger partial charge in [0.2, 0.25) is 5.13 Å². The zero-order valence-electron chi connectivity index (χ0n) is 12.5. The molecule has 1 N–H and O–H groups in total. The van der Waals surface area contributed by atoms with E-state index in [1.54, 1.807) is 24.3 Å². The van der Waals surface area contributed by atoms with Crippen LogP contribution in [0.4, 0.5) is 9.93 Å². The largest absolute Gasteiger partial charge is 0.444 e.